The van der Waals surface area contributed by atoms with Gasteiger partial charge in [0.05, 0.1) is 0 Å². The maximum absolute atomic E-state index is 6.43. The minimum atomic E-state index is -0.258. The van der Waals surface area contributed by atoms with Gasteiger partial charge in [-0.2, -0.15) is 0 Å². The van der Waals surface area contributed by atoms with Gasteiger partial charge in [-0.1, -0.05) is 27.7 Å². The number of hydrogen-bond donors (Lipinski definition) is 2. The van der Waals surface area contributed by atoms with E-state index in [-0.39, 0.29) is 11.6 Å². The first kappa shape index (κ1) is 19.8. The van der Waals surface area contributed by atoms with Crippen LogP contribution in [-0.4, -0.2) is 60.6 Å². The summed E-state index contributed by atoms with van der Waals surface area (Å²) in [6, 6.07) is 0.0913. The van der Waals surface area contributed by atoms with E-state index in [1.165, 1.54) is 0 Å². The molecule has 0 amide bonds. The molecule has 20 heavy (non-hydrogen) atoms. The summed E-state index contributed by atoms with van der Waals surface area (Å²) in [4.78, 5) is 4.85. The van der Waals surface area contributed by atoms with Crippen molar-refractivity contribution in [2.24, 2.45) is 11.5 Å². The lowest BCUT2D eigenvalue weighted by Gasteiger charge is -2.34. The Balaban J connectivity index is 4.06. The molecule has 0 saturated carbocycles. The number of nitrogens with zero attached hydrogens (tertiary/aromatic N) is 2. The highest BCUT2D eigenvalue weighted by Crippen LogP contribution is 2.15. The second-order valence-corrected chi connectivity index (χ2v) is 6.06. The monoisotopic (exact) mass is 286 g/mol. The van der Waals surface area contributed by atoms with E-state index in [2.05, 4.69) is 44.4 Å². The lowest BCUT2D eigenvalue weighted by molar-refractivity contribution is 0.234. The van der Waals surface area contributed by atoms with Gasteiger partial charge in [0.2, 0.25) is 0 Å². The number of nitrogens with two attached hydrogens (primary N) is 2. The fourth-order valence-corrected chi connectivity index (χ4v) is 2.53. The lowest BCUT2D eigenvalue weighted by Crippen LogP contribution is -2.54. The maximum Gasteiger partial charge on any atom is 0.0291 e. The van der Waals surface area contributed by atoms with Gasteiger partial charge in [0.25, 0.3) is 0 Å². The van der Waals surface area contributed by atoms with Crippen LogP contribution in [0.3, 0.4) is 0 Å². The molecule has 2 unspecified atom stereocenters. The molecule has 4 nitrogen and oxygen atoms in total. The molecule has 4 heteroatoms. The number of hydrogen-bond acceptors (Lipinski definition) is 4. The van der Waals surface area contributed by atoms with Crippen molar-refractivity contribution in [3.63, 3.8) is 0 Å². The molecule has 4 N–H and O–H groups in total. The predicted octanol–water partition coefficient (Wildman–Crippen LogP) is 1.89. The van der Waals surface area contributed by atoms with E-state index >= 15 is 0 Å². The van der Waals surface area contributed by atoms with Crippen LogP contribution in [0, 0.1) is 0 Å². The zero-order valence-electron chi connectivity index (χ0n) is 14.5. The Hall–Kier alpha value is -0.160. The topological polar surface area (TPSA) is 58.5 Å². The first-order chi connectivity index (χ1) is 9.41. The molecule has 0 heterocycles. The van der Waals surface area contributed by atoms with Crippen LogP contribution < -0.4 is 11.5 Å². The normalized spacial score (nSPS) is 16.6. The largest absolute Gasteiger partial charge is 0.326 e. The van der Waals surface area contributed by atoms with Crippen LogP contribution in [0.2, 0.25) is 0 Å². The van der Waals surface area contributed by atoms with Crippen LogP contribution in [0.15, 0.2) is 0 Å². The Morgan fingerprint density at radius 3 is 1.80 bits per heavy atom. The summed E-state index contributed by atoms with van der Waals surface area (Å²) in [7, 11) is 0. The summed E-state index contributed by atoms with van der Waals surface area (Å²) in [5.41, 5.74) is 12.5. The Kier molecular flexibility index (Phi) is 10.5. The van der Waals surface area contributed by atoms with Crippen molar-refractivity contribution in [3.05, 3.63) is 0 Å². The van der Waals surface area contributed by atoms with Crippen LogP contribution in [0.5, 0.6) is 0 Å². The van der Waals surface area contributed by atoms with Crippen LogP contribution in [-0.2, 0) is 0 Å². The van der Waals surface area contributed by atoms with E-state index < -0.39 is 0 Å². The van der Waals surface area contributed by atoms with Crippen LogP contribution in [0.1, 0.15) is 53.9 Å². The molecule has 0 aromatic carbocycles. The quantitative estimate of drug-likeness (QED) is 0.575. The molecule has 0 aliphatic heterocycles. The molecule has 0 aromatic heterocycles. The van der Waals surface area contributed by atoms with Crippen molar-refractivity contribution in [3.8, 4) is 0 Å². The zero-order valence-corrected chi connectivity index (χ0v) is 14.5. The van der Waals surface area contributed by atoms with Crippen molar-refractivity contribution in [2.75, 3.05) is 39.3 Å². The highest BCUT2D eigenvalue weighted by Gasteiger charge is 2.26. The van der Waals surface area contributed by atoms with E-state index in [4.69, 9.17) is 11.5 Å². The summed E-state index contributed by atoms with van der Waals surface area (Å²) < 4.78 is 0. The first-order valence-electron chi connectivity index (χ1n) is 8.40. The van der Waals surface area contributed by atoms with Crippen molar-refractivity contribution < 1.29 is 0 Å². The molecular weight excluding hydrogens is 248 g/mol. The summed E-state index contributed by atoms with van der Waals surface area (Å²) >= 11 is 0. The summed E-state index contributed by atoms with van der Waals surface area (Å²) in [5.74, 6) is 0. The van der Waals surface area contributed by atoms with Gasteiger partial charge in [-0.05, 0) is 65.5 Å². The third kappa shape index (κ3) is 7.58. The van der Waals surface area contributed by atoms with Gasteiger partial charge in [0.15, 0.2) is 0 Å². The molecule has 122 valence electrons. The highest BCUT2D eigenvalue weighted by molar-refractivity contribution is 4.90. The molecule has 0 fully saturated rings. The van der Waals surface area contributed by atoms with E-state index in [9.17, 15) is 0 Å². The Morgan fingerprint density at radius 2 is 1.35 bits per heavy atom. The van der Waals surface area contributed by atoms with Gasteiger partial charge in [0.1, 0.15) is 0 Å². The minimum Gasteiger partial charge on any atom is -0.326 e. The molecule has 0 spiro atoms. The van der Waals surface area contributed by atoms with Crippen molar-refractivity contribution in [1.29, 1.82) is 0 Å². The summed E-state index contributed by atoms with van der Waals surface area (Å²) in [6.07, 6.45) is 3.13. The Labute approximate surface area is 126 Å². The summed E-state index contributed by atoms with van der Waals surface area (Å²) in [5, 5.41) is 0. The standard InChI is InChI=1S/C16H38N4/c1-6-19(7-2)13-10-11-15(17)16(5,18)12-14-20(8-3)9-4/h15H,6-14,17-18H2,1-5H3. The lowest BCUT2D eigenvalue weighted by atomic mass is 9.87. The van der Waals surface area contributed by atoms with Gasteiger partial charge in [-0.3, -0.25) is 0 Å². The third-order valence-electron chi connectivity index (χ3n) is 4.59. The molecule has 0 aliphatic carbocycles. The fraction of sp³-hybridized carbons (Fsp3) is 1.00. The van der Waals surface area contributed by atoms with Crippen molar-refractivity contribution in [2.45, 2.75) is 65.5 Å². The average Bonchev–Trinajstić information content (AvgIpc) is 2.44. The molecule has 0 rings (SSSR count). The molecule has 0 radical (unpaired) electrons. The van der Waals surface area contributed by atoms with E-state index in [0.29, 0.717) is 0 Å². The van der Waals surface area contributed by atoms with Gasteiger partial charge in [-0.15, -0.1) is 0 Å². The maximum atomic E-state index is 6.43. The first-order valence-corrected chi connectivity index (χ1v) is 8.40. The number of rotatable bonds is 12. The minimum absolute atomic E-state index is 0.0913. The van der Waals surface area contributed by atoms with Crippen LogP contribution >= 0.6 is 0 Å². The van der Waals surface area contributed by atoms with Gasteiger partial charge in [0, 0.05) is 11.6 Å². The predicted molar refractivity (Wildman–Crippen MR) is 90.0 cm³/mol. The second kappa shape index (κ2) is 10.6. The zero-order chi connectivity index (χ0) is 15.6. The van der Waals surface area contributed by atoms with Crippen LogP contribution in [0.4, 0.5) is 0 Å². The SMILES string of the molecule is CCN(CC)CCCC(N)C(C)(N)CCN(CC)CC. The molecular formula is C16H38N4. The Morgan fingerprint density at radius 1 is 0.900 bits per heavy atom. The second-order valence-electron chi connectivity index (χ2n) is 6.06. The molecule has 0 bridgehead atoms. The third-order valence-corrected chi connectivity index (χ3v) is 4.59. The molecule has 0 aromatic rings. The van der Waals surface area contributed by atoms with Gasteiger partial charge < -0.3 is 21.3 Å². The highest BCUT2D eigenvalue weighted by atomic mass is 15.1. The average molecular weight is 287 g/mol. The summed E-state index contributed by atoms with van der Waals surface area (Å²) in [6.45, 7) is 17.5. The van der Waals surface area contributed by atoms with Crippen LogP contribution in [0.25, 0.3) is 0 Å². The van der Waals surface area contributed by atoms with E-state index in [0.717, 1.165) is 58.5 Å². The van der Waals surface area contributed by atoms with Gasteiger partial charge >= 0.3 is 0 Å². The molecule has 2 atom stereocenters. The van der Waals surface area contributed by atoms with Gasteiger partial charge in [-0.25, -0.2) is 0 Å². The molecule has 0 saturated heterocycles. The van der Waals surface area contributed by atoms with E-state index in [1.54, 1.807) is 0 Å². The fourth-order valence-electron chi connectivity index (χ4n) is 2.53. The smallest absolute Gasteiger partial charge is 0.0291 e. The van der Waals surface area contributed by atoms with Crippen molar-refractivity contribution >= 4 is 0 Å². The van der Waals surface area contributed by atoms with E-state index in [1.807, 2.05) is 0 Å². The molecule has 0 aliphatic rings. The Bertz CT molecular complexity index is 223. The van der Waals surface area contributed by atoms with Crippen molar-refractivity contribution in [1.82, 2.24) is 9.80 Å².